The summed E-state index contributed by atoms with van der Waals surface area (Å²) in [4.78, 5) is 11.0. The zero-order valence-corrected chi connectivity index (χ0v) is 22.9. The van der Waals surface area contributed by atoms with Crippen LogP contribution >= 0.6 is 0 Å². The van der Waals surface area contributed by atoms with Crippen LogP contribution in [0.15, 0.2) is 60.7 Å². The normalized spacial score (nSPS) is 15.2. The lowest BCUT2D eigenvalue weighted by Gasteiger charge is -2.34. The number of carboxylic acid groups (broad SMARTS) is 1. The molecule has 3 aromatic carbocycles. The third-order valence-corrected chi connectivity index (χ3v) is 8.90. The molecule has 0 spiro atoms. The summed E-state index contributed by atoms with van der Waals surface area (Å²) < 4.78 is 0. The summed E-state index contributed by atoms with van der Waals surface area (Å²) >= 11 is 0. The van der Waals surface area contributed by atoms with E-state index in [1.807, 2.05) is 24.3 Å². The van der Waals surface area contributed by atoms with Crippen molar-refractivity contribution < 1.29 is 15.0 Å². The number of aryl methyl sites for hydroxylation is 3. The molecule has 0 amide bonds. The lowest BCUT2D eigenvalue weighted by Crippen LogP contribution is -2.27. The fourth-order valence-corrected chi connectivity index (χ4v) is 6.42. The summed E-state index contributed by atoms with van der Waals surface area (Å²) in [7, 11) is 0. The van der Waals surface area contributed by atoms with Gasteiger partial charge in [-0.15, -0.1) is 0 Å². The van der Waals surface area contributed by atoms with Crippen LogP contribution in [0.1, 0.15) is 92.2 Å². The molecule has 196 valence electrons. The molecular formula is C34H42O3. The van der Waals surface area contributed by atoms with Crippen molar-refractivity contribution in [2.45, 2.75) is 96.5 Å². The number of aliphatic hydroxyl groups is 1. The summed E-state index contributed by atoms with van der Waals surface area (Å²) in [5.74, 6) is -0.807. The summed E-state index contributed by atoms with van der Waals surface area (Å²) in [6, 6.07) is 21.7. The van der Waals surface area contributed by atoms with Gasteiger partial charge in [0.2, 0.25) is 0 Å². The summed E-state index contributed by atoms with van der Waals surface area (Å²) in [6.07, 6.45) is 8.07. The van der Waals surface area contributed by atoms with E-state index in [2.05, 4.69) is 64.1 Å². The van der Waals surface area contributed by atoms with E-state index in [1.165, 1.54) is 33.4 Å². The maximum Gasteiger partial charge on any atom is 0.307 e. The van der Waals surface area contributed by atoms with Crippen LogP contribution in [0.4, 0.5) is 0 Å². The highest BCUT2D eigenvalue weighted by molar-refractivity contribution is 5.72. The molecule has 0 aromatic heterocycles. The van der Waals surface area contributed by atoms with Gasteiger partial charge >= 0.3 is 5.97 Å². The maximum atomic E-state index is 11.0. The lowest BCUT2D eigenvalue weighted by atomic mass is 9.69. The first kappa shape index (κ1) is 27.1. The highest BCUT2D eigenvalue weighted by Gasteiger charge is 2.33. The first-order chi connectivity index (χ1) is 17.7. The number of hydrogen-bond acceptors (Lipinski definition) is 2. The average molecular weight is 499 g/mol. The van der Waals surface area contributed by atoms with Crippen molar-refractivity contribution in [3.63, 3.8) is 0 Å². The van der Waals surface area contributed by atoms with E-state index >= 15 is 0 Å². The first-order valence-electron chi connectivity index (χ1n) is 13.9. The second-order valence-electron chi connectivity index (χ2n) is 11.2. The molecule has 0 heterocycles. The average Bonchev–Trinajstić information content (AvgIpc) is 3.31. The molecule has 0 radical (unpaired) electrons. The van der Waals surface area contributed by atoms with Gasteiger partial charge in [0.15, 0.2) is 0 Å². The fraction of sp³-hybridized carbons (Fsp3) is 0.441. The van der Waals surface area contributed by atoms with E-state index in [9.17, 15) is 9.90 Å². The largest absolute Gasteiger partial charge is 0.481 e. The number of carbonyl (C=O) groups is 1. The number of aliphatic carboxylic acids is 1. The van der Waals surface area contributed by atoms with Crippen LogP contribution in [0.2, 0.25) is 0 Å². The molecule has 0 saturated heterocycles. The monoisotopic (exact) mass is 498 g/mol. The van der Waals surface area contributed by atoms with E-state index in [-0.39, 0.29) is 11.8 Å². The Morgan fingerprint density at radius 1 is 0.865 bits per heavy atom. The van der Waals surface area contributed by atoms with Gasteiger partial charge in [0, 0.05) is 5.41 Å². The Hall–Kier alpha value is -2.91. The highest BCUT2D eigenvalue weighted by Crippen LogP contribution is 2.41. The van der Waals surface area contributed by atoms with Crippen LogP contribution in [0.3, 0.4) is 0 Å². The third kappa shape index (κ3) is 5.83. The predicted octanol–water partition coefficient (Wildman–Crippen LogP) is 7.94. The molecule has 0 aliphatic heterocycles. The molecule has 1 saturated carbocycles. The van der Waals surface area contributed by atoms with Gasteiger partial charge in [0.1, 0.15) is 0 Å². The van der Waals surface area contributed by atoms with Gasteiger partial charge in [-0.25, -0.2) is 0 Å². The number of hydrogen-bond donors (Lipinski definition) is 2. The molecule has 0 bridgehead atoms. The standard InChI is InChI=1S/C34H42O3/c1-5-34(6-2,29-14-13-27(24(3)21-29)17-20-33(37)18-7-8-19-33)30-15-16-31(25(4)22-30)28-11-9-26(10-12-28)23-32(35)36/h9-16,21-22,37H,5-8,17-20,23H2,1-4H3,(H,35,36). The zero-order chi connectivity index (χ0) is 26.6. The highest BCUT2D eigenvalue weighted by atomic mass is 16.4. The van der Waals surface area contributed by atoms with Crippen LogP contribution in [0, 0.1) is 13.8 Å². The summed E-state index contributed by atoms with van der Waals surface area (Å²) in [6.45, 7) is 8.96. The van der Waals surface area contributed by atoms with Gasteiger partial charge in [0.05, 0.1) is 12.0 Å². The molecule has 4 rings (SSSR count). The molecule has 3 aromatic rings. The minimum atomic E-state index is -0.807. The number of benzene rings is 3. The van der Waals surface area contributed by atoms with Crippen LogP contribution in [-0.4, -0.2) is 21.8 Å². The van der Waals surface area contributed by atoms with Crippen molar-refractivity contribution in [3.05, 3.63) is 94.0 Å². The van der Waals surface area contributed by atoms with Crippen molar-refractivity contribution in [3.8, 4) is 11.1 Å². The second-order valence-corrected chi connectivity index (χ2v) is 11.2. The van der Waals surface area contributed by atoms with Crippen LogP contribution < -0.4 is 0 Å². The smallest absolute Gasteiger partial charge is 0.307 e. The van der Waals surface area contributed by atoms with E-state index in [0.29, 0.717) is 0 Å². The van der Waals surface area contributed by atoms with Crippen molar-refractivity contribution in [2.75, 3.05) is 0 Å². The summed E-state index contributed by atoms with van der Waals surface area (Å²) in [5.41, 5.74) is 9.20. The van der Waals surface area contributed by atoms with Gasteiger partial charge in [-0.2, -0.15) is 0 Å². The molecule has 3 heteroatoms. The Morgan fingerprint density at radius 2 is 1.46 bits per heavy atom. The minimum Gasteiger partial charge on any atom is -0.481 e. The van der Waals surface area contributed by atoms with Crippen molar-refractivity contribution in [1.29, 1.82) is 0 Å². The van der Waals surface area contributed by atoms with E-state index in [4.69, 9.17) is 5.11 Å². The molecule has 0 unspecified atom stereocenters. The predicted molar refractivity (Wildman–Crippen MR) is 152 cm³/mol. The third-order valence-electron chi connectivity index (χ3n) is 8.90. The van der Waals surface area contributed by atoms with Gasteiger partial charge in [-0.1, -0.05) is 87.4 Å². The van der Waals surface area contributed by atoms with E-state index in [0.717, 1.165) is 62.5 Å². The molecule has 37 heavy (non-hydrogen) atoms. The first-order valence-corrected chi connectivity index (χ1v) is 13.9. The fourth-order valence-electron chi connectivity index (χ4n) is 6.42. The van der Waals surface area contributed by atoms with Gasteiger partial charge in [0.25, 0.3) is 0 Å². The van der Waals surface area contributed by atoms with Crippen molar-refractivity contribution >= 4 is 5.97 Å². The minimum absolute atomic E-state index is 0.0484. The topological polar surface area (TPSA) is 57.5 Å². The maximum absolute atomic E-state index is 11.0. The van der Waals surface area contributed by atoms with Crippen LogP contribution in [0.5, 0.6) is 0 Å². The second kappa shape index (κ2) is 11.2. The van der Waals surface area contributed by atoms with Crippen molar-refractivity contribution in [2.24, 2.45) is 0 Å². The summed E-state index contributed by atoms with van der Waals surface area (Å²) in [5, 5.41) is 19.9. The Balaban J connectivity index is 1.60. The SMILES string of the molecule is CCC(CC)(c1ccc(CCC2(O)CCCC2)c(C)c1)c1ccc(-c2ccc(CC(=O)O)cc2)c(C)c1. The molecule has 3 nitrogen and oxygen atoms in total. The van der Waals surface area contributed by atoms with E-state index in [1.54, 1.807) is 0 Å². The van der Waals surface area contributed by atoms with Crippen LogP contribution in [-0.2, 0) is 23.1 Å². The Labute approximate surface area is 222 Å². The number of carboxylic acids is 1. The molecule has 2 N–H and O–H groups in total. The quantitative estimate of drug-likeness (QED) is 0.298. The Kier molecular flexibility index (Phi) is 8.23. The molecule has 1 fully saturated rings. The lowest BCUT2D eigenvalue weighted by molar-refractivity contribution is -0.136. The molecule has 1 aliphatic carbocycles. The van der Waals surface area contributed by atoms with Crippen LogP contribution in [0.25, 0.3) is 11.1 Å². The van der Waals surface area contributed by atoms with Gasteiger partial charge in [-0.05, 0) is 96.9 Å². The van der Waals surface area contributed by atoms with E-state index < -0.39 is 11.6 Å². The number of rotatable bonds is 10. The van der Waals surface area contributed by atoms with Gasteiger partial charge in [-0.3, -0.25) is 4.79 Å². The Bertz CT molecular complexity index is 1230. The zero-order valence-electron chi connectivity index (χ0n) is 22.9. The molecule has 0 atom stereocenters. The van der Waals surface area contributed by atoms with Crippen molar-refractivity contribution in [1.82, 2.24) is 0 Å². The molecular weight excluding hydrogens is 456 g/mol. The van der Waals surface area contributed by atoms with Gasteiger partial charge < -0.3 is 10.2 Å². The Morgan fingerprint density at radius 3 is 2.00 bits per heavy atom. The molecule has 1 aliphatic rings.